The van der Waals surface area contributed by atoms with Crippen molar-refractivity contribution in [3.05, 3.63) is 33.4 Å². The molecule has 3 heterocycles. The first-order chi connectivity index (χ1) is 11.2. The molecular formula is C15H18N6S2. The summed E-state index contributed by atoms with van der Waals surface area (Å²) < 4.78 is 0. The minimum Gasteiger partial charge on any atom is -0.315 e. The van der Waals surface area contributed by atoms with Gasteiger partial charge in [-0.3, -0.25) is 5.43 Å². The largest absolute Gasteiger partial charge is 0.315 e. The number of thiazole rings is 1. The Kier molecular flexibility index (Phi) is 4.94. The third-order valence-corrected chi connectivity index (χ3v) is 5.46. The molecule has 8 heteroatoms. The highest BCUT2D eigenvalue weighted by molar-refractivity contribution is 7.18. The Morgan fingerprint density at radius 3 is 2.91 bits per heavy atom. The highest BCUT2D eigenvalue weighted by Gasteiger charge is 2.10. The lowest BCUT2D eigenvalue weighted by atomic mass is 10.2. The van der Waals surface area contributed by atoms with Crippen LogP contribution in [0.5, 0.6) is 0 Å². The molecule has 0 unspecified atom stereocenters. The third-order valence-electron chi connectivity index (χ3n) is 3.19. The van der Waals surface area contributed by atoms with Gasteiger partial charge in [0, 0.05) is 22.5 Å². The van der Waals surface area contributed by atoms with Crippen LogP contribution >= 0.6 is 22.7 Å². The standard InChI is InChI=1S/C15H18N6S2/c1-9(2)12-4-11-14(18-8-19-15(11)23-12)21-20-7-13-17-6-10(22-13)5-16-3/h4,6-9,16H,5H2,1-3H3,(H,18,19,21). The van der Waals surface area contributed by atoms with Gasteiger partial charge >= 0.3 is 0 Å². The lowest BCUT2D eigenvalue weighted by Gasteiger charge is -1.99. The molecule has 23 heavy (non-hydrogen) atoms. The van der Waals surface area contributed by atoms with E-state index in [4.69, 9.17) is 0 Å². The average Bonchev–Trinajstić information content (AvgIpc) is 3.15. The molecule has 0 aromatic carbocycles. The van der Waals surface area contributed by atoms with E-state index in [1.165, 1.54) is 9.75 Å². The average molecular weight is 346 g/mol. The van der Waals surface area contributed by atoms with Crippen molar-refractivity contribution in [2.45, 2.75) is 26.3 Å². The van der Waals surface area contributed by atoms with Crippen molar-refractivity contribution in [2.75, 3.05) is 12.5 Å². The first-order valence-corrected chi connectivity index (χ1v) is 8.93. The molecule has 0 aliphatic rings. The number of thiophene rings is 1. The summed E-state index contributed by atoms with van der Waals surface area (Å²) in [6.45, 7) is 5.17. The first kappa shape index (κ1) is 16.0. The van der Waals surface area contributed by atoms with Crippen LogP contribution in [0, 0.1) is 0 Å². The van der Waals surface area contributed by atoms with Crippen LogP contribution in [0.15, 0.2) is 23.7 Å². The van der Waals surface area contributed by atoms with Crippen molar-refractivity contribution in [3.63, 3.8) is 0 Å². The van der Waals surface area contributed by atoms with Crippen LogP contribution in [0.25, 0.3) is 10.2 Å². The summed E-state index contributed by atoms with van der Waals surface area (Å²) in [6, 6.07) is 2.14. The smallest absolute Gasteiger partial charge is 0.158 e. The summed E-state index contributed by atoms with van der Waals surface area (Å²) >= 11 is 3.31. The lowest BCUT2D eigenvalue weighted by molar-refractivity contribution is 0.829. The highest BCUT2D eigenvalue weighted by Crippen LogP contribution is 2.32. The van der Waals surface area contributed by atoms with E-state index in [0.29, 0.717) is 5.92 Å². The zero-order chi connectivity index (χ0) is 16.2. The summed E-state index contributed by atoms with van der Waals surface area (Å²) in [6.07, 6.45) is 5.14. The zero-order valence-corrected chi connectivity index (χ0v) is 14.8. The maximum Gasteiger partial charge on any atom is 0.158 e. The summed E-state index contributed by atoms with van der Waals surface area (Å²) in [5, 5.41) is 9.23. The Morgan fingerprint density at radius 1 is 1.26 bits per heavy atom. The molecular weight excluding hydrogens is 328 g/mol. The molecule has 3 aromatic rings. The van der Waals surface area contributed by atoms with E-state index in [0.717, 1.165) is 27.6 Å². The quantitative estimate of drug-likeness (QED) is 0.528. The molecule has 0 amide bonds. The molecule has 0 saturated heterocycles. The molecule has 120 valence electrons. The van der Waals surface area contributed by atoms with E-state index in [-0.39, 0.29) is 0 Å². The van der Waals surface area contributed by atoms with Crippen LogP contribution in [0.3, 0.4) is 0 Å². The lowest BCUT2D eigenvalue weighted by Crippen LogP contribution is -2.02. The number of anilines is 1. The SMILES string of the molecule is CNCc1cnc(C=NNc2ncnc3sc(C(C)C)cc23)s1. The Hall–Kier alpha value is -1.90. The summed E-state index contributed by atoms with van der Waals surface area (Å²) in [5.41, 5.74) is 3.01. The van der Waals surface area contributed by atoms with E-state index >= 15 is 0 Å². The second kappa shape index (κ2) is 7.12. The van der Waals surface area contributed by atoms with Gasteiger partial charge in [-0.05, 0) is 19.0 Å². The van der Waals surface area contributed by atoms with Gasteiger partial charge in [-0.15, -0.1) is 22.7 Å². The van der Waals surface area contributed by atoms with Crippen LogP contribution in [-0.2, 0) is 6.54 Å². The van der Waals surface area contributed by atoms with Crippen LogP contribution in [0.1, 0.15) is 34.5 Å². The summed E-state index contributed by atoms with van der Waals surface area (Å²) in [7, 11) is 1.92. The van der Waals surface area contributed by atoms with E-state index in [2.05, 4.69) is 50.7 Å². The van der Waals surface area contributed by atoms with Gasteiger partial charge in [0.2, 0.25) is 0 Å². The Balaban J connectivity index is 1.76. The van der Waals surface area contributed by atoms with E-state index < -0.39 is 0 Å². The van der Waals surface area contributed by atoms with Gasteiger partial charge in [0.05, 0.1) is 11.6 Å². The van der Waals surface area contributed by atoms with Crippen LogP contribution in [0.4, 0.5) is 5.82 Å². The molecule has 0 spiro atoms. The second-order valence-electron chi connectivity index (χ2n) is 5.31. The van der Waals surface area contributed by atoms with E-state index in [9.17, 15) is 0 Å². The van der Waals surface area contributed by atoms with Gasteiger partial charge in [0.1, 0.15) is 16.2 Å². The van der Waals surface area contributed by atoms with Crippen molar-refractivity contribution in [1.82, 2.24) is 20.3 Å². The van der Waals surface area contributed by atoms with Gasteiger partial charge in [0.25, 0.3) is 0 Å². The number of nitrogens with one attached hydrogen (secondary N) is 2. The molecule has 0 atom stereocenters. The van der Waals surface area contributed by atoms with Gasteiger partial charge in [-0.2, -0.15) is 5.10 Å². The van der Waals surface area contributed by atoms with Crippen LogP contribution < -0.4 is 10.7 Å². The molecule has 3 rings (SSSR count). The first-order valence-electron chi connectivity index (χ1n) is 7.30. The fourth-order valence-corrected chi connectivity index (χ4v) is 3.84. The third kappa shape index (κ3) is 3.72. The fourth-order valence-electron chi connectivity index (χ4n) is 2.03. The second-order valence-corrected chi connectivity index (χ2v) is 7.52. The van der Waals surface area contributed by atoms with Crippen molar-refractivity contribution >= 4 is 44.9 Å². The van der Waals surface area contributed by atoms with E-state index in [1.54, 1.807) is 35.2 Å². The molecule has 0 aliphatic heterocycles. The minimum atomic E-state index is 0.478. The van der Waals surface area contributed by atoms with Crippen molar-refractivity contribution < 1.29 is 0 Å². The molecule has 0 fully saturated rings. The molecule has 6 nitrogen and oxygen atoms in total. The molecule has 0 radical (unpaired) electrons. The van der Waals surface area contributed by atoms with Crippen molar-refractivity contribution in [1.29, 1.82) is 0 Å². The minimum absolute atomic E-state index is 0.478. The number of fused-ring (bicyclic) bond motifs is 1. The Labute approximate surface area is 142 Å². The zero-order valence-electron chi connectivity index (χ0n) is 13.2. The topological polar surface area (TPSA) is 75.1 Å². The predicted molar refractivity (Wildman–Crippen MR) is 97.6 cm³/mol. The molecule has 0 aliphatic carbocycles. The maximum atomic E-state index is 4.33. The van der Waals surface area contributed by atoms with Crippen LogP contribution in [-0.4, -0.2) is 28.2 Å². The number of hydrazone groups is 1. The normalized spacial score (nSPS) is 11.8. The summed E-state index contributed by atoms with van der Waals surface area (Å²) in [4.78, 5) is 16.4. The maximum absolute atomic E-state index is 4.33. The molecule has 2 N–H and O–H groups in total. The van der Waals surface area contributed by atoms with Gasteiger partial charge in [-0.25, -0.2) is 15.0 Å². The Bertz CT molecular complexity index is 820. The van der Waals surface area contributed by atoms with Gasteiger partial charge in [0.15, 0.2) is 5.82 Å². The van der Waals surface area contributed by atoms with Gasteiger partial charge in [-0.1, -0.05) is 13.8 Å². The fraction of sp³-hybridized carbons (Fsp3) is 0.333. The molecule has 3 aromatic heterocycles. The number of rotatable bonds is 6. The number of hydrogen-bond acceptors (Lipinski definition) is 8. The summed E-state index contributed by atoms with van der Waals surface area (Å²) in [5.74, 6) is 1.20. The van der Waals surface area contributed by atoms with Gasteiger partial charge < -0.3 is 5.32 Å². The predicted octanol–water partition coefficient (Wildman–Crippen LogP) is 3.44. The monoisotopic (exact) mass is 346 g/mol. The van der Waals surface area contributed by atoms with Crippen molar-refractivity contribution in [2.24, 2.45) is 5.10 Å². The molecule has 0 saturated carbocycles. The van der Waals surface area contributed by atoms with E-state index in [1.807, 2.05) is 13.2 Å². The molecule has 0 bridgehead atoms. The van der Waals surface area contributed by atoms with Crippen LogP contribution in [0.2, 0.25) is 0 Å². The number of hydrogen-bond donors (Lipinski definition) is 2. The highest BCUT2D eigenvalue weighted by atomic mass is 32.1. The Morgan fingerprint density at radius 2 is 2.13 bits per heavy atom. The number of nitrogens with zero attached hydrogens (tertiary/aromatic N) is 4. The number of aromatic nitrogens is 3. The van der Waals surface area contributed by atoms with Crippen molar-refractivity contribution in [3.8, 4) is 0 Å².